The predicted octanol–water partition coefficient (Wildman–Crippen LogP) is 3.88. The number of hydrogen-bond acceptors (Lipinski definition) is 4. The smallest absolute Gasteiger partial charge is 0.135 e. The number of rotatable bonds is 5. The summed E-state index contributed by atoms with van der Waals surface area (Å²) in [5, 5.41) is 0. The molecule has 0 unspecified atom stereocenters. The first-order valence-corrected chi connectivity index (χ1v) is 7.62. The minimum absolute atomic E-state index is 0.445. The van der Waals surface area contributed by atoms with Crippen LogP contribution in [0.2, 0.25) is 0 Å². The van der Waals surface area contributed by atoms with Crippen molar-refractivity contribution < 1.29 is 4.79 Å². The van der Waals surface area contributed by atoms with Crippen molar-refractivity contribution in [2.45, 2.75) is 23.5 Å². The van der Waals surface area contributed by atoms with Gasteiger partial charge < -0.3 is 9.69 Å². The molecule has 0 amide bonds. The first-order valence-electron chi connectivity index (χ1n) is 6.80. The largest absolute Gasteiger partial charge is 0.378 e. The number of hydrogen-bond donors (Lipinski definition) is 0. The summed E-state index contributed by atoms with van der Waals surface area (Å²) in [5.74, 6) is 0. The summed E-state index contributed by atoms with van der Waals surface area (Å²) >= 11 is 1.56. The Kier molecular flexibility index (Phi) is 4.68. The van der Waals surface area contributed by atoms with Crippen LogP contribution in [0.15, 0.2) is 47.6 Å². The number of carbonyl (C=O) groups excluding carboxylic acids is 1. The van der Waals surface area contributed by atoms with E-state index >= 15 is 0 Å². The van der Waals surface area contributed by atoms with E-state index in [4.69, 9.17) is 0 Å². The van der Waals surface area contributed by atoms with Gasteiger partial charge in [-0.15, -0.1) is 11.8 Å². The Labute approximate surface area is 130 Å². The lowest BCUT2D eigenvalue weighted by Crippen LogP contribution is -2.15. The molecule has 0 aliphatic rings. The lowest BCUT2D eigenvalue weighted by Gasteiger charge is -2.19. The Hall–Kier alpha value is -1.81. The molecule has 1 aromatic heterocycles. The third-order valence-corrected chi connectivity index (χ3v) is 4.33. The summed E-state index contributed by atoms with van der Waals surface area (Å²) in [6.45, 7) is 3.84. The van der Waals surface area contributed by atoms with E-state index in [1.807, 2.05) is 40.2 Å². The third-order valence-electron chi connectivity index (χ3n) is 3.13. The van der Waals surface area contributed by atoms with Gasteiger partial charge in [-0.25, -0.2) is 0 Å². The maximum Gasteiger partial charge on any atom is 0.135 e. The molecule has 0 atom stereocenters. The topological polar surface area (TPSA) is 33.2 Å². The zero-order valence-electron chi connectivity index (χ0n) is 12.8. The lowest BCUT2D eigenvalue weighted by molar-refractivity contribution is -0.109. The molecule has 0 N–H and O–H groups in total. The monoisotopic (exact) mass is 300 g/mol. The van der Waals surface area contributed by atoms with Crippen LogP contribution < -0.4 is 4.90 Å². The zero-order valence-corrected chi connectivity index (χ0v) is 13.6. The number of benzene rings is 1. The minimum Gasteiger partial charge on any atom is -0.378 e. The van der Waals surface area contributed by atoms with Crippen molar-refractivity contribution in [2.24, 2.45) is 0 Å². The van der Waals surface area contributed by atoms with E-state index in [2.05, 4.69) is 34.1 Å². The molecule has 0 fully saturated rings. The predicted molar refractivity (Wildman–Crippen MR) is 90.0 cm³/mol. The fourth-order valence-electron chi connectivity index (χ4n) is 1.93. The number of pyridine rings is 1. The van der Waals surface area contributed by atoms with Gasteiger partial charge in [-0.2, -0.15) is 0 Å². The van der Waals surface area contributed by atoms with Gasteiger partial charge in [0.1, 0.15) is 6.29 Å². The lowest BCUT2D eigenvalue weighted by atomic mass is 10.1. The Balaban J connectivity index is 2.38. The van der Waals surface area contributed by atoms with Gasteiger partial charge in [0, 0.05) is 42.6 Å². The summed E-state index contributed by atoms with van der Waals surface area (Å²) in [7, 11) is 4.04. The second-order valence-corrected chi connectivity index (χ2v) is 7.33. The van der Waals surface area contributed by atoms with Gasteiger partial charge in [0.25, 0.3) is 0 Å². The minimum atomic E-state index is -0.445. The molecule has 0 saturated heterocycles. The Bertz CT molecular complexity index is 621. The second-order valence-electron chi connectivity index (χ2n) is 5.64. The van der Waals surface area contributed by atoms with E-state index in [0.29, 0.717) is 0 Å². The average molecular weight is 300 g/mol. The number of thioether (sulfide) groups is 1. The van der Waals surface area contributed by atoms with Crippen molar-refractivity contribution in [3.8, 4) is 11.1 Å². The molecule has 21 heavy (non-hydrogen) atoms. The van der Waals surface area contributed by atoms with Gasteiger partial charge in [-0.05, 0) is 37.6 Å². The van der Waals surface area contributed by atoms with Crippen LogP contribution in [0.3, 0.4) is 0 Å². The first-order chi connectivity index (χ1) is 9.93. The van der Waals surface area contributed by atoms with Crippen LogP contribution in [-0.4, -0.2) is 30.1 Å². The molecule has 0 aliphatic carbocycles. The van der Waals surface area contributed by atoms with Crippen molar-refractivity contribution in [1.82, 2.24) is 4.98 Å². The number of aromatic nitrogens is 1. The maximum absolute atomic E-state index is 11.2. The highest BCUT2D eigenvalue weighted by molar-refractivity contribution is 8.01. The number of carbonyl (C=O) groups is 1. The normalized spacial score (nSPS) is 11.2. The van der Waals surface area contributed by atoms with Crippen LogP contribution in [0, 0.1) is 0 Å². The highest BCUT2D eigenvalue weighted by Gasteiger charge is 2.20. The molecule has 4 heteroatoms. The quantitative estimate of drug-likeness (QED) is 0.619. The van der Waals surface area contributed by atoms with Crippen LogP contribution in [0.5, 0.6) is 0 Å². The van der Waals surface area contributed by atoms with Crippen LogP contribution in [0.25, 0.3) is 11.1 Å². The van der Waals surface area contributed by atoms with E-state index < -0.39 is 4.75 Å². The fourth-order valence-corrected chi connectivity index (χ4v) is 2.96. The fraction of sp³-hybridized carbons (Fsp3) is 0.294. The molecule has 0 saturated carbocycles. The van der Waals surface area contributed by atoms with Gasteiger partial charge in [-0.1, -0.05) is 12.1 Å². The average Bonchev–Trinajstić information content (AvgIpc) is 2.47. The van der Waals surface area contributed by atoms with E-state index in [0.717, 1.165) is 28.0 Å². The third kappa shape index (κ3) is 3.85. The SMILES string of the molecule is CN(C)c1ccc(-c2cnccc2SC(C)(C)C=O)cc1. The van der Waals surface area contributed by atoms with E-state index in [-0.39, 0.29) is 0 Å². The molecular formula is C17H20N2OS. The van der Waals surface area contributed by atoms with E-state index in [1.165, 1.54) is 0 Å². The number of aldehydes is 1. The van der Waals surface area contributed by atoms with Crippen molar-refractivity contribution in [3.05, 3.63) is 42.7 Å². The molecule has 2 rings (SSSR count). The van der Waals surface area contributed by atoms with Crippen LogP contribution in [0.1, 0.15) is 13.8 Å². The summed E-state index contributed by atoms with van der Waals surface area (Å²) in [6, 6.07) is 10.3. The van der Waals surface area contributed by atoms with Crippen molar-refractivity contribution in [1.29, 1.82) is 0 Å². The standard InChI is InChI=1S/C17H20N2OS/c1-17(2,12-20)21-16-9-10-18-11-15(16)13-5-7-14(8-6-13)19(3)4/h5-12H,1-4H3. The van der Waals surface area contributed by atoms with E-state index in [1.54, 1.807) is 18.0 Å². The molecule has 0 spiro atoms. The molecule has 1 heterocycles. The first kappa shape index (κ1) is 15.6. The van der Waals surface area contributed by atoms with Crippen molar-refractivity contribution in [2.75, 3.05) is 19.0 Å². The molecule has 0 aliphatic heterocycles. The van der Waals surface area contributed by atoms with Gasteiger partial charge >= 0.3 is 0 Å². The summed E-state index contributed by atoms with van der Waals surface area (Å²) in [4.78, 5) is 18.5. The zero-order chi connectivity index (χ0) is 15.5. The molecule has 110 valence electrons. The van der Waals surface area contributed by atoms with Gasteiger partial charge in [0.05, 0.1) is 4.75 Å². The summed E-state index contributed by atoms with van der Waals surface area (Å²) in [5.41, 5.74) is 3.32. The highest BCUT2D eigenvalue weighted by atomic mass is 32.2. The van der Waals surface area contributed by atoms with E-state index in [9.17, 15) is 4.79 Å². The second kappa shape index (κ2) is 6.31. The Morgan fingerprint density at radius 1 is 1.14 bits per heavy atom. The van der Waals surface area contributed by atoms with Crippen molar-refractivity contribution >= 4 is 23.7 Å². The van der Waals surface area contributed by atoms with Gasteiger partial charge in [0.15, 0.2) is 0 Å². The van der Waals surface area contributed by atoms with Crippen molar-refractivity contribution in [3.63, 3.8) is 0 Å². The molecule has 3 nitrogen and oxygen atoms in total. The Morgan fingerprint density at radius 3 is 2.38 bits per heavy atom. The van der Waals surface area contributed by atoms with Gasteiger partial charge in [-0.3, -0.25) is 4.98 Å². The molecule has 1 aromatic carbocycles. The van der Waals surface area contributed by atoms with Crippen LogP contribution in [0.4, 0.5) is 5.69 Å². The van der Waals surface area contributed by atoms with Gasteiger partial charge in [0.2, 0.25) is 0 Å². The highest BCUT2D eigenvalue weighted by Crippen LogP contribution is 2.37. The van der Waals surface area contributed by atoms with Crippen LogP contribution >= 0.6 is 11.8 Å². The molecule has 2 aromatic rings. The molecular weight excluding hydrogens is 280 g/mol. The molecule has 0 radical (unpaired) electrons. The summed E-state index contributed by atoms with van der Waals surface area (Å²) in [6.07, 6.45) is 4.60. The van der Waals surface area contributed by atoms with Crippen LogP contribution in [-0.2, 0) is 4.79 Å². The maximum atomic E-state index is 11.2. The molecule has 0 bridgehead atoms. The number of nitrogens with zero attached hydrogens (tertiary/aromatic N) is 2. The number of anilines is 1. The Morgan fingerprint density at radius 2 is 1.81 bits per heavy atom. The summed E-state index contributed by atoms with van der Waals surface area (Å²) < 4.78 is -0.445.